The summed E-state index contributed by atoms with van der Waals surface area (Å²) < 4.78 is 0. The van der Waals surface area contributed by atoms with Crippen LogP contribution in [0.4, 0.5) is 5.69 Å². The second-order valence-corrected chi connectivity index (χ2v) is 5.36. The fraction of sp³-hybridized carbons (Fsp3) is 0.133. The molecule has 1 N–H and O–H groups in total. The zero-order chi connectivity index (χ0) is 12.5. The van der Waals surface area contributed by atoms with E-state index in [-0.39, 0.29) is 5.91 Å². The molecular weight excluding hydrogens is 242 g/mol. The summed E-state index contributed by atoms with van der Waals surface area (Å²) in [5.74, 6) is -0.0250. The van der Waals surface area contributed by atoms with Crippen molar-refractivity contribution in [3.05, 3.63) is 51.2 Å². The highest BCUT2D eigenvalue weighted by molar-refractivity contribution is 7.10. The number of anilines is 1. The van der Waals surface area contributed by atoms with Crippen molar-refractivity contribution in [3.8, 4) is 0 Å². The predicted molar refractivity (Wildman–Crippen MR) is 76.8 cm³/mol. The molecule has 1 aliphatic carbocycles. The second kappa shape index (κ2) is 4.42. The molecule has 1 amide bonds. The number of amides is 1. The molecule has 1 aromatic carbocycles. The van der Waals surface area contributed by atoms with Gasteiger partial charge in [0.1, 0.15) is 0 Å². The Labute approximate surface area is 110 Å². The van der Waals surface area contributed by atoms with E-state index in [1.54, 1.807) is 18.3 Å². The maximum Gasteiger partial charge on any atom is 0.221 e. The van der Waals surface area contributed by atoms with E-state index in [9.17, 15) is 4.79 Å². The average Bonchev–Trinajstić information content (AvgIpc) is 2.69. The van der Waals surface area contributed by atoms with Crippen molar-refractivity contribution in [1.82, 2.24) is 0 Å². The third-order valence-corrected chi connectivity index (χ3v) is 4.02. The van der Waals surface area contributed by atoms with Gasteiger partial charge in [0.25, 0.3) is 0 Å². The average molecular weight is 255 g/mol. The first-order valence-corrected chi connectivity index (χ1v) is 6.76. The van der Waals surface area contributed by atoms with E-state index >= 15 is 0 Å². The van der Waals surface area contributed by atoms with Crippen molar-refractivity contribution in [2.45, 2.75) is 13.3 Å². The molecular formula is C15H13NOS. The van der Waals surface area contributed by atoms with Crippen molar-refractivity contribution in [2.75, 3.05) is 5.32 Å². The van der Waals surface area contributed by atoms with Crippen molar-refractivity contribution < 1.29 is 4.79 Å². The summed E-state index contributed by atoms with van der Waals surface area (Å²) in [4.78, 5) is 12.6. The molecule has 2 nitrogen and oxygen atoms in total. The minimum Gasteiger partial charge on any atom is -0.326 e. The second-order valence-electron chi connectivity index (χ2n) is 4.36. The summed E-state index contributed by atoms with van der Waals surface area (Å²) in [5.41, 5.74) is 4.59. The van der Waals surface area contributed by atoms with Gasteiger partial charge >= 0.3 is 0 Å². The molecule has 90 valence electrons. The third-order valence-electron chi connectivity index (χ3n) is 3.08. The van der Waals surface area contributed by atoms with Gasteiger partial charge in [-0.25, -0.2) is 0 Å². The van der Waals surface area contributed by atoms with Gasteiger partial charge in [-0.3, -0.25) is 4.79 Å². The molecule has 1 aliphatic rings. The maximum absolute atomic E-state index is 11.3. The summed E-state index contributed by atoms with van der Waals surface area (Å²) in [6, 6.07) is 8.18. The summed E-state index contributed by atoms with van der Waals surface area (Å²) in [7, 11) is 0. The van der Waals surface area contributed by atoms with Gasteiger partial charge < -0.3 is 5.32 Å². The number of hydrogen-bond donors (Lipinski definition) is 1. The first-order valence-electron chi connectivity index (χ1n) is 5.88. The van der Waals surface area contributed by atoms with Gasteiger partial charge in [0.2, 0.25) is 5.91 Å². The van der Waals surface area contributed by atoms with Gasteiger partial charge in [0.15, 0.2) is 0 Å². The molecule has 0 bridgehead atoms. The third kappa shape index (κ3) is 1.97. The van der Waals surface area contributed by atoms with Crippen LogP contribution in [0.2, 0.25) is 0 Å². The Morgan fingerprint density at radius 3 is 2.89 bits per heavy atom. The van der Waals surface area contributed by atoms with Crippen LogP contribution >= 0.6 is 11.3 Å². The summed E-state index contributed by atoms with van der Waals surface area (Å²) in [6.07, 6.45) is 5.15. The van der Waals surface area contributed by atoms with Crippen LogP contribution in [0, 0.1) is 0 Å². The number of benzene rings is 1. The Morgan fingerprint density at radius 2 is 2.06 bits per heavy atom. The minimum atomic E-state index is -0.0250. The van der Waals surface area contributed by atoms with Crippen molar-refractivity contribution in [2.24, 2.45) is 0 Å². The van der Waals surface area contributed by atoms with E-state index in [2.05, 4.69) is 35.0 Å². The van der Waals surface area contributed by atoms with Gasteiger partial charge in [-0.15, -0.1) is 11.3 Å². The highest BCUT2D eigenvalue weighted by atomic mass is 32.1. The van der Waals surface area contributed by atoms with Crippen LogP contribution < -0.4 is 5.32 Å². The lowest BCUT2D eigenvalue weighted by molar-refractivity contribution is -0.114. The molecule has 3 rings (SSSR count). The zero-order valence-corrected chi connectivity index (χ0v) is 10.9. The summed E-state index contributed by atoms with van der Waals surface area (Å²) in [6.45, 7) is 1.54. The molecule has 0 saturated heterocycles. The lowest BCUT2D eigenvalue weighted by Gasteiger charge is -2.11. The molecule has 0 atom stereocenters. The smallest absolute Gasteiger partial charge is 0.221 e. The highest BCUT2D eigenvalue weighted by Gasteiger charge is 2.14. The molecule has 2 aromatic rings. The Kier molecular flexibility index (Phi) is 2.76. The predicted octanol–water partition coefficient (Wildman–Crippen LogP) is 3.78. The Balaban J connectivity index is 2.11. The lowest BCUT2D eigenvalue weighted by atomic mass is 10.0. The molecule has 0 saturated carbocycles. The number of thiophene rings is 1. The summed E-state index contributed by atoms with van der Waals surface area (Å²) in [5, 5.41) is 5.03. The van der Waals surface area contributed by atoms with Gasteiger partial charge in [-0.1, -0.05) is 24.3 Å². The molecule has 18 heavy (non-hydrogen) atoms. The first-order chi connectivity index (χ1) is 8.74. The molecule has 0 aliphatic heterocycles. The molecule has 3 heteroatoms. The van der Waals surface area contributed by atoms with Crippen molar-refractivity contribution in [1.29, 1.82) is 0 Å². The van der Waals surface area contributed by atoms with E-state index < -0.39 is 0 Å². The van der Waals surface area contributed by atoms with Crippen molar-refractivity contribution in [3.63, 3.8) is 0 Å². The fourth-order valence-electron chi connectivity index (χ4n) is 2.25. The Hall–Kier alpha value is -1.87. The quantitative estimate of drug-likeness (QED) is 0.704. The van der Waals surface area contributed by atoms with E-state index in [1.807, 2.05) is 12.1 Å². The molecule has 1 aromatic heterocycles. The number of rotatable bonds is 1. The normalized spacial score (nSPS) is 12.5. The SMILES string of the molecule is CC(=O)Nc1cccc2c1Cc1sccc1C=C2. The fourth-order valence-corrected chi connectivity index (χ4v) is 3.13. The van der Waals surface area contributed by atoms with Gasteiger partial charge in [0.05, 0.1) is 0 Å². The minimum absolute atomic E-state index is 0.0250. The Morgan fingerprint density at radius 1 is 1.22 bits per heavy atom. The summed E-state index contributed by atoms with van der Waals surface area (Å²) >= 11 is 1.77. The molecule has 0 radical (unpaired) electrons. The van der Waals surface area contributed by atoms with Crippen LogP contribution in [-0.4, -0.2) is 5.91 Å². The van der Waals surface area contributed by atoms with Crippen LogP contribution in [0.15, 0.2) is 29.6 Å². The Bertz CT molecular complexity index is 640. The molecule has 0 unspecified atom stereocenters. The number of nitrogens with one attached hydrogen (secondary N) is 1. The maximum atomic E-state index is 11.3. The van der Waals surface area contributed by atoms with Gasteiger partial charge in [0, 0.05) is 23.9 Å². The van der Waals surface area contributed by atoms with E-state index in [4.69, 9.17) is 0 Å². The standard InChI is InChI=1S/C15H13NOS/c1-10(17)16-14-4-2-3-11-5-6-12-7-8-18-15(12)9-13(11)14/h2-8H,9H2,1H3,(H,16,17). The van der Waals surface area contributed by atoms with Crippen LogP contribution in [0.25, 0.3) is 12.2 Å². The molecule has 0 spiro atoms. The van der Waals surface area contributed by atoms with Crippen LogP contribution in [0.1, 0.15) is 28.5 Å². The molecule has 1 heterocycles. The van der Waals surface area contributed by atoms with Crippen molar-refractivity contribution >= 4 is 35.1 Å². The number of fused-ring (bicyclic) bond motifs is 2. The van der Waals surface area contributed by atoms with Crippen LogP contribution in [-0.2, 0) is 11.2 Å². The first kappa shape index (κ1) is 11.2. The highest BCUT2D eigenvalue weighted by Crippen LogP contribution is 2.32. The lowest BCUT2D eigenvalue weighted by Crippen LogP contribution is -2.09. The number of carbonyl (C=O) groups excluding carboxylic acids is 1. The van der Waals surface area contributed by atoms with Gasteiger partial charge in [-0.05, 0) is 34.2 Å². The number of hydrogen-bond acceptors (Lipinski definition) is 2. The molecule has 0 fully saturated rings. The van der Waals surface area contributed by atoms with E-state index in [0.717, 1.165) is 12.1 Å². The van der Waals surface area contributed by atoms with E-state index in [0.29, 0.717) is 0 Å². The van der Waals surface area contributed by atoms with E-state index in [1.165, 1.54) is 21.6 Å². The zero-order valence-electron chi connectivity index (χ0n) is 10.1. The van der Waals surface area contributed by atoms with Crippen LogP contribution in [0.5, 0.6) is 0 Å². The van der Waals surface area contributed by atoms with Gasteiger partial charge in [-0.2, -0.15) is 0 Å². The largest absolute Gasteiger partial charge is 0.326 e. The monoisotopic (exact) mass is 255 g/mol. The topological polar surface area (TPSA) is 29.1 Å². The van der Waals surface area contributed by atoms with Crippen LogP contribution in [0.3, 0.4) is 0 Å². The number of carbonyl (C=O) groups is 1.